The van der Waals surface area contributed by atoms with Crippen LogP contribution in [0.2, 0.25) is 0 Å². The number of nitrogens with one attached hydrogen (secondary N) is 1. The minimum absolute atomic E-state index is 0.823. The first-order valence-corrected chi connectivity index (χ1v) is 7.17. The minimum atomic E-state index is 0.823. The van der Waals surface area contributed by atoms with Gasteiger partial charge in [-0.1, -0.05) is 13.8 Å². The number of aromatic nitrogens is 2. The van der Waals surface area contributed by atoms with Gasteiger partial charge in [-0.3, -0.25) is 4.68 Å². The van der Waals surface area contributed by atoms with E-state index in [0.717, 1.165) is 25.4 Å². The maximum Gasteiger partial charge on any atom is 0.0625 e. The second kappa shape index (κ2) is 6.34. The molecule has 1 aliphatic rings. The van der Waals surface area contributed by atoms with Crippen molar-refractivity contribution in [1.82, 2.24) is 20.0 Å². The van der Waals surface area contributed by atoms with Crippen molar-refractivity contribution >= 4 is 0 Å². The van der Waals surface area contributed by atoms with Gasteiger partial charge in [0.05, 0.1) is 11.4 Å². The molecule has 0 radical (unpaired) electrons. The summed E-state index contributed by atoms with van der Waals surface area (Å²) in [4.78, 5) is 2.53. The fourth-order valence-electron chi connectivity index (χ4n) is 2.68. The monoisotopic (exact) mass is 250 g/mol. The van der Waals surface area contributed by atoms with Crippen molar-refractivity contribution in [3.63, 3.8) is 0 Å². The zero-order valence-corrected chi connectivity index (χ0v) is 11.9. The minimum Gasteiger partial charge on any atom is -0.311 e. The van der Waals surface area contributed by atoms with E-state index in [2.05, 4.69) is 35.2 Å². The van der Waals surface area contributed by atoms with Crippen molar-refractivity contribution in [1.29, 1.82) is 0 Å². The van der Waals surface area contributed by atoms with E-state index in [1.165, 1.54) is 37.4 Å². The van der Waals surface area contributed by atoms with Crippen LogP contribution in [0.15, 0.2) is 6.07 Å². The van der Waals surface area contributed by atoms with Crippen molar-refractivity contribution in [2.45, 2.75) is 33.2 Å². The van der Waals surface area contributed by atoms with Gasteiger partial charge >= 0.3 is 0 Å². The van der Waals surface area contributed by atoms with Crippen molar-refractivity contribution in [2.24, 2.45) is 13.0 Å². The van der Waals surface area contributed by atoms with Gasteiger partial charge in [0, 0.05) is 20.1 Å². The van der Waals surface area contributed by atoms with Crippen molar-refractivity contribution in [2.75, 3.05) is 26.2 Å². The third-order valence-electron chi connectivity index (χ3n) is 3.95. The molecular weight excluding hydrogens is 224 g/mol. The van der Waals surface area contributed by atoms with Crippen LogP contribution in [0.3, 0.4) is 0 Å². The van der Waals surface area contributed by atoms with Crippen LogP contribution in [0.4, 0.5) is 0 Å². The van der Waals surface area contributed by atoms with Gasteiger partial charge in [0.25, 0.3) is 0 Å². The molecule has 2 heterocycles. The topological polar surface area (TPSA) is 33.1 Å². The maximum absolute atomic E-state index is 4.47. The first kappa shape index (κ1) is 13.6. The summed E-state index contributed by atoms with van der Waals surface area (Å²) in [6.45, 7) is 10.2. The summed E-state index contributed by atoms with van der Waals surface area (Å²) in [5.74, 6) is 0.823. The second-order valence-electron chi connectivity index (χ2n) is 5.28. The van der Waals surface area contributed by atoms with E-state index in [-0.39, 0.29) is 0 Å². The largest absolute Gasteiger partial charge is 0.311 e. The maximum atomic E-state index is 4.47. The molecule has 0 spiro atoms. The summed E-state index contributed by atoms with van der Waals surface area (Å²) >= 11 is 0. The van der Waals surface area contributed by atoms with Crippen LogP contribution in [-0.4, -0.2) is 40.9 Å². The molecule has 18 heavy (non-hydrogen) atoms. The number of nitrogens with zero attached hydrogens (tertiary/aromatic N) is 3. The Hall–Kier alpha value is -0.870. The van der Waals surface area contributed by atoms with E-state index in [1.54, 1.807) is 0 Å². The molecule has 1 aromatic rings. The third-order valence-corrected chi connectivity index (χ3v) is 3.95. The molecule has 1 atom stereocenters. The van der Waals surface area contributed by atoms with Gasteiger partial charge in [0.1, 0.15) is 0 Å². The van der Waals surface area contributed by atoms with Gasteiger partial charge in [-0.05, 0) is 44.5 Å². The molecule has 4 heteroatoms. The van der Waals surface area contributed by atoms with Crippen LogP contribution in [-0.2, 0) is 20.0 Å². The molecule has 2 rings (SSSR count). The SMILES string of the molecule is CCc1cc(CNCC2CCN(CC)C2)n(C)n1. The van der Waals surface area contributed by atoms with E-state index in [0.29, 0.717) is 0 Å². The molecule has 1 N–H and O–H groups in total. The number of rotatable bonds is 6. The Kier molecular flexibility index (Phi) is 4.78. The Labute approximate surface area is 110 Å². The smallest absolute Gasteiger partial charge is 0.0625 e. The lowest BCUT2D eigenvalue weighted by atomic mass is 10.1. The summed E-state index contributed by atoms with van der Waals surface area (Å²) in [5.41, 5.74) is 2.48. The zero-order chi connectivity index (χ0) is 13.0. The molecule has 0 amide bonds. The summed E-state index contributed by atoms with van der Waals surface area (Å²) < 4.78 is 2.00. The Morgan fingerprint density at radius 3 is 2.89 bits per heavy atom. The highest BCUT2D eigenvalue weighted by atomic mass is 15.3. The molecule has 0 bridgehead atoms. The predicted octanol–water partition coefficient (Wildman–Crippen LogP) is 1.41. The van der Waals surface area contributed by atoms with E-state index >= 15 is 0 Å². The van der Waals surface area contributed by atoms with Crippen molar-refractivity contribution in [3.8, 4) is 0 Å². The van der Waals surface area contributed by atoms with Crippen LogP contribution in [0.5, 0.6) is 0 Å². The molecule has 0 saturated carbocycles. The van der Waals surface area contributed by atoms with E-state index in [1.807, 2.05) is 11.7 Å². The fraction of sp³-hybridized carbons (Fsp3) is 0.786. The Morgan fingerprint density at radius 2 is 2.28 bits per heavy atom. The zero-order valence-electron chi connectivity index (χ0n) is 11.9. The Morgan fingerprint density at radius 1 is 1.44 bits per heavy atom. The Balaban J connectivity index is 1.73. The highest BCUT2D eigenvalue weighted by molar-refractivity contribution is 5.09. The van der Waals surface area contributed by atoms with Gasteiger partial charge in [-0.2, -0.15) is 5.10 Å². The van der Waals surface area contributed by atoms with Crippen LogP contribution in [0.1, 0.15) is 31.7 Å². The van der Waals surface area contributed by atoms with Gasteiger partial charge in [-0.25, -0.2) is 0 Å². The molecule has 1 aromatic heterocycles. The molecule has 1 unspecified atom stereocenters. The van der Waals surface area contributed by atoms with Crippen LogP contribution in [0.25, 0.3) is 0 Å². The highest BCUT2D eigenvalue weighted by Gasteiger charge is 2.20. The van der Waals surface area contributed by atoms with Crippen molar-refractivity contribution < 1.29 is 0 Å². The van der Waals surface area contributed by atoms with E-state index < -0.39 is 0 Å². The molecule has 1 fully saturated rings. The number of likely N-dealkylation sites (tertiary alicyclic amines) is 1. The molecular formula is C14H26N4. The molecule has 1 aliphatic heterocycles. The fourth-order valence-corrected chi connectivity index (χ4v) is 2.68. The standard InChI is InChI=1S/C14H26N4/c1-4-13-8-14(17(3)16-13)10-15-9-12-6-7-18(5-2)11-12/h8,12,15H,4-7,9-11H2,1-3H3. The quantitative estimate of drug-likeness (QED) is 0.829. The lowest BCUT2D eigenvalue weighted by Crippen LogP contribution is -2.26. The molecule has 4 nitrogen and oxygen atoms in total. The average Bonchev–Trinajstić information content (AvgIpc) is 2.97. The number of aryl methyl sites for hydroxylation is 2. The summed E-state index contributed by atoms with van der Waals surface area (Å²) in [6.07, 6.45) is 2.36. The highest BCUT2D eigenvalue weighted by Crippen LogP contribution is 2.14. The summed E-state index contributed by atoms with van der Waals surface area (Å²) in [6, 6.07) is 2.21. The lowest BCUT2D eigenvalue weighted by molar-refractivity contribution is 0.338. The first-order valence-electron chi connectivity index (χ1n) is 7.17. The van der Waals surface area contributed by atoms with E-state index in [9.17, 15) is 0 Å². The lowest BCUT2D eigenvalue weighted by Gasteiger charge is -2.13. The second-order valence-corrected chi connectivity index (χ2v) is 5.28. The molecule has 0 aliphatic carbocycles. The van der Waals surface area contributed by atoms with Gasteiger partial charge in [0.2, 0.25) is 0 Å². The van der Waals surface area contributed by atoms with E-state index in [4.69, 9.17) is 0 Å². The third kappa shape index (κ3) is 3.33. The Bertz CT molecular complexity index is 372. The van der Waals surface area contributed by atoms with Crippen molar-refractivity contribution in [3.05, 3.63) is 17.5 Å². The van der Waals surface area contributed by atoms with Crippen LogP contribution >= 0.6 is 0 Å². The number of hydrogen-bond donors (Lipinski definition) is 1. The first-order chi connectivity index (χ1) is 8.72. The molecule has 102 valence electrons. The molecule has 1 saturated heterocycles. The summed E-state index contributed by atoms with van der Waals surface area (Å²) in [7, 11) is 2.03. The van der Waals surface area contributed by atoms with Crippen LogP contribution in [0, 0.1) is 5.92 Å². The van der Waals surface area contributed by atoms with Gasteiger partial charge in [-0.15, -0.1) is 0 Å². The van der Waals surface area contributed by atoms with Gasteiger partial charge < -0.3 is 10.2 Å². The average molecular weight is 250 g/mol. The predicted molar refractivity (Wildman–Crippen MR) is 74.5 cm³/mol. The van der Waals surface area contributed by atoms with Crippen LogP contribution < -0.4 is 5.32 Å². The van der Waals surface area contributed by atoms with Gasteiger partial charge in [0.15, 0.2) is 0 Å². The number of hydrogen-bond acceptors (Lipinski definition) is 3. The summed E-state index contributed by atoms with van der Waals surface area (Å²) in [5, 5.41) is 8.05. The normalized spacial score (nSPS) is 20.7. The molecule has 0 aromatic carbocycles.